The number of aliphatic imine (C=N–C) groups is 1. The van der Waals surface area contributed by atoms with E-state index >= 15 is 0 Å². The lowest BCUT2D eigenvalue weighted by atomic mass is 10.1. The number of fused-ring (bicyclic) bond motifs is 1. The molecule has 0 saturated heterocycles. The Balaban J connectivity index is 1.68. The summed E-state index contributed by atoms with van der Waals surface area (Å²) in [6, 6.07) is 8.66. The fourth-order valence-corrected chi connectivity index (χ4v) is 3.35. The Labute approximate surface area is 200 Å². The van der Waals surface area contributed by atoms with Gasteiger partial charge in [-0.3, -0.25) is 14.4 Å². The fraction of sp³-hybridized carbons (Fsp3) is 0.273. The van der Waals surface area contributed by atoms with E-state index in [0.29, 0.717) is 27.8 Å². The zero-order valence-electron chi connectivity index (χ0n) is 18.3. The quantitative estimate of drug-likeness (QED) is 0.233. The molecule has 0 fully saturated rings. The highest BCUT2D eigenvalue weighted by molar-refractivity contribution is 6.31. The maximum atomic E-state index is 12.6. The van der Waals surface area contributed by atoms with Crippen molar-refractivity contribution in [3.05, 3.63) is 52.5 Å². The summed E-state index contributed by atoms with van der Waals surface area (Å²) in [5, 5.41) is 5.54. The third-order valence-electron chi connectivity index (χ3n) is 4.68. The lowest BCUT2D eigenvalue weighted by Gasteiger charge is -2.21. The molecule has 1 aliphatic heterocycles. The van der Waals surface area contributed by atoms with E-state index in [4.69, 9.17) is 37.3 Å². The molecule has 0 saturated carbocycles. The maximum Gasteiger partial charge on any atom is 0.305 e. The van der Waals surface area contributed by atoms with Crippen molar-refractivity contribution < 1.29 is 28.6 Å². The van der Waals surface area contributed by atoms with Crippen LogP contribution in [0.5, 0.6) is 11.5 Å². The minimum Gasteiger partial charge on any atom is -0.463 e. The number of guanidine groups is 1. The first-order valence-electron chi connectivity index (χ1n) is 10.3. The van der Waals surface area contributed by atoms with Crippen LogP contribution >= 0.6 is 11.6 Å². The van der Waals surface area contributed by atoms with Gasteiger partial charge in [0.15, 0.2) is 17.5 Å². The average Bonchev–Trinajstić information content (AvgIpc) is 3.26. The number of benzene rings is 2. The summed E-state index contributed by atoms with van der Waals surface area (Å²) in [7, 11) is 0. The molecular weight excluding hydrogens is 466 g/mol. The molecule has 0 bridgehead atoms. The molecule has 0 radical (unpaired) electrons. The van der Waals surface area contributed by atoms with Gasteiger partial charge in [0.25, 0.3) is 5.91 Å². The first-order chi connectivity index (χ1) is 16.3. The van der Waals surface area contributed by atoms with Crippen LogP contribution in [0.1, 0.15) is 35.3 Å². The van der Waals surface area contributed by atoms with Crippen LogP contribution in [0.25, 0.3) is 0 Å². The van der Waals surface area contributed by atoms with Crippen LogP contribution in [0.15, 0.2) is 41.4 Å². The molecule has 0 aliphatic carbocycles. The number of halogens is 1. The van der Waals surface area contributed by atoms with Crippen molar-refractivity contribution in [3.63, 3.8) is 0 Å². The summed E-state index contributed by atoms with van der Waals surface area (Å²) >= 11 is 6.37. The molecule has 11 nitrogen and oxygen atoms in total. The lowest BCUT2D eigenvalue weighted by molar-refractivity contribution is -0.144. The summed E-state index contributed by atoms with van der Waals surface area (Å²) in [4.78, 5) is 40.6. The number of amides is 2. The minimum atomic E-state index is -0.785. The van der Waals surface area contributed by atoms with Gasteiger partial charge in [-0.2, -0.15) is 0 Å². The molecule has 12 heteroatoms. The molecule has 1 aliphatic rings. The summed E-state index contributed by atoms with van der Waals surface area (Å²) in [6.07, 6.45) is 0.171. The Morgan fingerprint density at radius 2 is 1.91 bits per heavy atom. The van der Waals surface area contributed by atoms with Crippen LogP contribution in [-0.2, 0) is 14.3 Å². The van der Waals surface area contributed by atoms with Gasteiger partial charge in [-0.25, -0.2) is 4.99 Å². The van der Waals surface area contributed by atoms with Crippen molar-refractivity contribution in [1.82, 2.24) is 10.6 Å². The third kappa shape index (κ3) is 6.51. The summed E-state index contributed by atoms with van der Waals surface area (Å²) in [5.41, 5.74) is 11.8. The van der Waals surface area contributed by atoms with E-state index in [1.807, 2.05) is 0 Å². The number of ether oxygens (including phenoxy) is 3. The number of esters is 1. The van der Waals surface area contributed by atoms with Gasteiger partial charge in [0.05, 0.1) is 18.3 Å². The van der Waals surface area contributed by atoms with Crippen LogP contribution in [0.4, 0.5) is 5.69 Å². The second kappa shape index (κ2) is 11.2. The predicted octanol–water partition coefficient (Wildman–Crippen LogP) is 1.51. The van der Waals surface area contributed by atoms with Crippen molar-refractivity contribution in [2.24, 2.45) is 16.5 Å². The molecular formula is C22H24ClN5O6. The van der Waals surface area contributed by atoms with Crippen molar-refractivity contribution in [2.75, 3.05) is 19.9 Å². The number of nitrogens with two attached hydrogens (primary N) is 2. The first-order valence-corrected chi connectivity index (χ1v) is 10.7. The highest BCUT2D eigenvalue weighted by Gasteiger charge is 2.24. The normalized spacial score (nSPS) is 12.4. The van der Waals surface area contributed by atoms with Crippen LogP contribution < -0.4 is 31.6 Å². The summed E-state index contributed by atoms with van der Waals surface area (Å²) in [5.74, 6) is -0.689. The molecule has 0 aromatic heterocycles. The van der Waals surface area contributed by atoms with E-state index in [0.717, 1.165) is 0 Å². The van der Waals surface area contributed by atoms with E-state index in [9.17, 15) is 14.4 Å². The van der Waals surface area contributed by atoms with Gasteiger partial charge in [0.2, 0.25) is 12.7 Å². The molecule has 2 aromatic carbocycles. The topological polar surface area (TPSA) is 167 Å². The minimum absolute atomic E-state index is 0.0490. The van der Waals surface area contributed by atoms with Gasteiger partial charge in [-0.15, -0.1) is 0 Å². The fourth-order valence-electron chi connectivity index (χ4n) is 3.06. The molecule has 180 valence electrons. The van der Waals surface area contributed by atoms with Crippen LogP contribution in [0, 0.1) is 0 Å². The molecule has 1 unspecified atom stereocenters. The van der Waals surface area contributed by atoms with E-state index < -0.39 is 23.8 Å². The van der Waals surface area contributed by atoms with Gasteiger partial charge < -0.3 is 36.3 Å². The number of nitrogens with one attached hydrogen (secondary N) is 2. The second-order valence-electron chi connectivity index (χ2n) is 7.15. The molecule has 2 amide bonds. The summed E-state index contributed by atoms with van der Waals surface area (Å²) < 4.78 is 15.9. The largest absolute Gasteiger partial charge is 0.463 e. The standard InChI is InChI=1S/C22H24ClN5O6/c1-2-20(30)32-10-16(14-7-17-18(8-15(14)23)34-11-33-17)28-19(29)9-26-21(31)12-4-3-5-13(6-12)27-22(24)25/h3-8,16H,2,9-11H2,1H3,(H,26,31)(H,28,29)(H4,24,25,27). The highest BCUT2D eigenvalue weighted by Crippen LogP contribution is 2.39. The summed E-state index contributed by atoms with van der Waals surface area (Å²) in [6.45, 7) is 1.20. The van der Waals surface area contributed by atoms with Crippen molar-refractivity contribution in [3.8, 4) is 11.5 Å². The van der Waals surface area contributed by atoms with Crippen LogP contribution in [-0.4, -0.2) is 43.7 Å². The average molecular weight is 490 g/mol. The molecule has 6 N–H and O–H groups in total. The van der Waals surface area contributed by atoms with E-state index in [1.54, 1.807) is 37.3 Å². The van der Waals surface area contributed by atoms with Crippen LogP contribution in [0.2, 0.25) is 5.02 Å². The zero-order chi connectivity index (χ0) is 24.7. The molecule has 0 spiro atoms. The van der Waals surface area contributed by atoms with Gasteiger partial charge >= 0.3 is 5.97 Å². The number of rotatable bonds is 9. The van der Waals surface area contributed by atoms with Gasteiger partial charge in [0, 0.05) is 28.6 Å². The molecule has 1 atom stereocenters. The third-order valence-corrected chi connectivity index (χ3v) is 5.01. The van der Waals surface area contributed by atoms with Crippen molar-refractivity contribution >= 4 is 41.0 Å². The number of carbonyl (C=O) groups excluding carboxylic acids is 3. The Hall–Kier alpha value is -3.99. The monoisotopic (exact) mass is 489 g/mol. The number of carbonyl (C=O) groups is 3. The van der Waals surface area contributed by atoms with E-state index in [1.165, 1.54) is 6.07 Å². The van der Waals surface area contributed by atoms with Gasteiger partial charge in [0.1, 0.15) is 6.61 Å². The Morgan fingerprint density at radius 1 is 1.18 bits per heavy atom. The zero-order valence-corrected chi connectivity index (χ0v) is 19.1. The Bertz CT molecular complexity index is 1120. The number of nitrogens with zero attached hydrogens (tertiary/aromatic N) is 1. The molecule has 1 heterocycles. The Kier molecular flexibility index (Phi) is 8.14. The van der Waals surface area contributed by atoms with Crippen LogP contribution in [0.3, 0.4) is 0 Å². The predicted molar refractivity (Wildman–Crippen MR) is 124 cm³/mol. The van der Waals surface area contributed by atoms with Gasteiger partial charge in [-0.1, -0.05) is 24.6 Å². The highest BCUT2D eigenvalue weighted by atomic mass is 35.5. The Morgan fingerprint density at radius 3 is 2.62 bits per heavy atom. The molecule has 34 heavy (non-hydrogen) atoms. The van der Waals surface area contributed by atoms with Crippen molar-refractivity contribution in [2.45, 2.75) is 19.4 Å². The number of hydrogen-bond acceptors (Lipinski definition) is 7. The first kappa shape index (κ1) is 24.6. The SMILES string of the molecule is CCC(=O)OCC(NC(=O)CNC(=O)c1cccc(N=C(N)N)c1)c1cc2c(cc1Cl)OCO2. The van der Waals surface area contributed by atoms with Gasteiger partial charge in [-0.05, 0) is 24.3 Å². The molecule has 3 rings (SSSR count). The van der Waals surface area contributed by atoms with Crippen molar-refractivity contribution in [1.29, 1.82) is 0 Å². The van der Waals surface area contributed by atoms with E-state index in [2.05, 4.69) is 15.6 Å². The molecule has 2 aromatic rings. The maximum absolute atomic E-state index is 12.6. The second-order valence-corrected chi connectivity index (χ2v) is 7.56. The number of hydrogen-bond donors (Lipinski definition) is 4. The van der Waals surface area contributed by atoms with E-state index in [-0.39, 0.29) is 37.9 Å². The lowest BCUT2D eigenvalue weighted by Crippen LogP contribution is -2.40. The smallest absolute Gasteiger partial charge is 0.305 e.